The quantitative estimate of drug-likeness (QED) is 0.0995. The molecular formula is C84H74N2. The van der Waals surface area contributed by atoms with Crippen LogP contribution in [0.15, 0.2) is 206 Å². The van der Waals surface area contributed by atoms with Crippen LogP contribution in [0, 0.1) is 55.4 Å². The first-order valence-electron chi connectivity index (χ1n) is 30.6. The number of nitrogens with zero attached hydrogens (tertiary/aromatic N) is 2. The molecule has 86 heavy (non-hydrogen) atoms. The first-order chi connectivity index (χ1) is 41.3. The molecule has 0 amide bonds. The van der Waals surface area contributed by atoms with Gasteiger partial charge in [0.15, 0.2) is 0 Å². The largest absolute Gasteiger partial charge is 0.310 e. The molecule has 0 heterocycles. The van der Waals surface area contributed by atoms with Gasteiger partial charge >= 0.3 is 0 Å². The van der Waals surface area contributed by atoms with Crippen LogP contribution in [-0.4, -0.2) is 0 Å². The van der Waals surface area contributed by atoms with Gasteiger partial charge in [0.05, 0.1) is 0 Å². The fourth-order valence-corrected chi connectivity index (χ4v) is 14.8. The molecular weight excluding hydrogens is 1040 g/mol. The van der Waals surface area contributed by atoms with Gasteiger partial charge in [0.1, 0.15) is 0 Å². The molecule has 2 nitrogen and oxygen atoms in total. The number of hydrogen-bond acceptors (Lipinski definition) is 2. The maximum absolute atomic E-state index is 2.44. The van der Waals surface area contributed by atoms with Crippen LogP contribution in [0.4, 0.5) is 34.1 Å². The summed E-state index contributed by atoms with van der Waals surface area (Å²) < 4.78 is 0. The second-order valence-electron chi connectivity index (χ2n) is 26.2. The summed E-state index contributed by atoms with van der Waals surface area (Å²) in [6.07, 6.45) is 9.16. The minimum atomic E-state index is -0.189. The predicted octanol–water partition coefficient (Wildman–Crippen LogP) is 23.5. The summed E-state index contributed by atoms with van der Waals surface area (Å²) >= 11 is 0. The second-order valence-corrected chi connectivity index (χ2v) is 26.2. The van der Waals surface area contributed by atoms with Gasteiger partial charge in [-0.1, -0.05) is 173 Å². The highest BCUT2D eigenvalue weighted by atomic mass is 15.1. The van der Waals surface area contributed by atoms with Gasteiger partial charge in [0.25, 0.3) is 0 Å². The molecule has 420 valence electrons. The van der Waals surface area contributed by atoms with Crippen molar-refractivity contribution in [3.8, 4) is 22.3 Å². The van der Waals surface area contributed by atoms with Crippen molar-refractivity contribution in [2.75, 3.05) is 9.80 Å². The first-order valence-corrected chi connectivity index (χ1v) is 30.6. The third-order valence-corrected chi connectivity index (χ3v) is 18.6. The Morgan fingerprint density at radius 2 is 0.488 bits per heavy atom. The molecule has 0 N–H and O–H groups in total. The number of aryl methyl sites for hydroxylation is 8. The zero-order valence-electron chi connectivity index (χ0n) is 51.8. The van der Waals surface area contributed by atoms with E-state index in [9.17, 15) is 0 Å². The highest BCUT2D eigenvalue weighted by molar-refractivity contribution is 6.26. The normalized spacial score (nSPS) is 13.7. The van der Waals surface area contributed by atoms with Crippen LogP contribution in [0.1, 0.15) is 117 Å². The van der Waals surface area contributed by atoms with E-state index in [1.54, 1.807) is 0 Å². The number of rotatable bonds is 10. The van der Waals surface area contributed by atoms with E-state index >= 15 is 0 Å². The Hall–Kier alpha value is -9.50. The molecule has 0 unspecified atom stereocenters. The van der Waals surface area contributed by atoms with E-state index in [1.165, 1.54) is 178 Å². The molecule has 0 spiro atoms. The standard InChI is InChI=1S/C84H74N2/c1-51-33-52(2)38-65(37-51)85(66-39-53(3)34-54(4)40-66)63-25-31-75-73-29-23-61(47-79(73)83(9,10)81(75)49-63)19-17-59-21-27-71-72-28-22-60(46-78(72)70-16-14-13-15-69(70)77(71)45-59)18-20-62-24-30-74-76-32-26-64(50-82(76)84(11,12)80(74)48-62)86(67-41-55(5)35-56(6)42-67)68-43-57(7)36-58(8)44-68/h13-50H,1-12H3/b19-17+,20-18+. The Bertz CT molecular complexity index is 4350. The van der Waals surface area contributed by atoms with Gasteiger partial charge in [-0.05, 0) is 284 Å². The smallest absolute Gasteiger partial charge is 0.0466 e. The summed E-state index contributed by atoms with van der Waals surface area (Å²) in [5.74, 6) is 0. The molecule has 2 aliphatic rings. The van der Waals surface area contributed by atoms with Crippen molar-refractivity contribution in [1.82, 2.24) is 0 Å². The maximum atomic E-state index is 2.44. The fourth-order valence-electron chi connectivity index (χ4n) is 14.8. The van der Waals surface area contributed by atoms with Gasteiger partial charge in [0, 0.05) is 45.0 Å². The monoisotopic (exact) mass is 1110 g/mol. The van der Waals surface area contributed by atoms with Crippen LogP contribution < -0.4 is 9.80 Å². The Kier molecular flexibility index (Phi) is 13.1. The van der Waals surface area contributed by atoms with E-state index in [1.807, 2.05) is 0 Å². The maximum Gasteiger partial charge on any atom is 0.0466 e. The summed E-state index contributed by atoms with van der Waals surface area (Å²) in [6, 6.07) is 78.7. The molecule has 12 aromatic rings. The van der Waals surface area contributed by atoms with Crippen molar-refractivity contribution in [2.45, 2.75) is 93.9 Å². The highest BCUT2D eigenvalue weighted by Gasteiger charge is 2.38. The molecule has 0 fully saturated rings. The lowest BCUT2D eigenvalue weighted by Gasteiger charge is -2.29. The van der Waals surface area contributed by atoms with E-state index in [4.69, 9.17) is 0 Å². The van der Waals surface area contributed by atoms with Crippen LogP contribution in [0.3, 0.4) is 0 Å². The third kappa shape index (κ3) is 9.53. The number of benzene rings is 12. The van der Waals surface area contributed by atoms with E-state index in [0.29, 0.717) is 0 Å². The highest BCUT2D eigenvalue weighted by Crippen LogP contribution is 2.53. The Morgan fingerprint density at radius 3 is 0.802 bits per heavy atom. The van der Waals surface area contributed by atoms with E-state index in [0.717, 1.165) is 0 Å². The van der Waals surface area contributed by atoms with Crippen LogP contribution in [0.5, 0.6) is 0 Å². The lowest BCUT2D eigenvalue weighted by molar-refractivity contribution is 0.660. The first kappa shape index (κ1) is 54.4. The molecule has 0 aromatic heterocycles. The second kappa shape index (κ2) is 20.6. The molecule has 2 aliphatic carbocycles. The molecule has 0 aliphatic heterocycles. The molecule has 0 bridgehead atoms. The molecule has 12 aromatic carbocycles. The topological polar surface area (TPSA) is 6.48 Å². The summed E-state index contributed by atoms with van der Waals surface area (Å²) in [6.45, 7) is 27.1. The minimum Gasteiger partial charge on any atom is -0.310 e. The summed E-state index contributed by atoms with van der Waals surface area (Å²) in [5, 5.41) is 7.62. The van der Waals surface area contributed by atoms with Gasteiger partial charge < -0.3 is 9.80 Å². The van der Waals surface area contributed by atoms with Gasteiger partial charge in [0.2, 0.25) is 0 Å². The zero-order chi connectivity index (χ0) is 59.5. The van der Waals surface area contributed by atoms with Gasteiger partial charge in [-0.15, -0.1) is 0 Å². The Labute approximate surface area is 509 Å². The van der Waals surface area contributed by atoms with E-state index in [2.05, 4.69) is 323 Å². The lowest BCUT2D eigenvalue weighted by atomic mass is 9.81. The van der Waals surface area contributed by atoms with Crippen molar-refractivity contribution >= 4 is 90.7 Å². The minimum absolute atomic E-state index is 0.189. The average molecular weight is 1110 g/mol. The zero-order valence-corrected chi connectivity index (χ0v) is 51.8. The number of fused-ring (bicyclic) bond motifs is 12. The molecule has 2 heteroatoms. The van der Waals surface area contributed by atoms with Crippen LogP contribution in [0.2, 0.25) is 0 Å². The van der Waals surface area contributed by atoms with E-state index in [-0.39, 0.29) is 10.8 Å². The summed E-state index contributed by atoms with van der Waals surface area (Å²) in [4.78, 5) is 4.88. The van der Waals surface area contributed by atoms with Crippen LogP contribution in [0.25, 0.3) is 78.9 Å². The van der Waals surface area contributed by atoms with Crippen molar-refractivity contribution in [3.05, 3.63) is 295 Å². The fraction of sp³-hybridized carbons (Fsp3) is 0.167. The van der Waals surface area contributed by atoms with E-state index < -0.39 is 0 Å². The summed E-state index contributed by atoms with van der Waals surface area (Å²) in [7, 11) is 0. The molecule has 14 rings (SSSR count). The lowest BCUT2D eigenvalue weighted by Crippen LogP contribution is -2.17. The van der Waals surface area contributed by atoms with Gasteiger partial charge in [-0.2, -0.15) is 0 Å². The number of hydrogen-bond donors (Lipinski definition) is 0. The van der Waals surface area contributed by atoms with Crippen molar-refractivity contribution < 1.29 is 0 Å². The predicted molar refractivity (Wildman–Crippen MR) is 372 cm³/mol. The van der Waals surface area contributed by atoms with Crippen LogP contribution >= 0.6 is 0 Å². The van der Waals surface area contributed by atoms with Crippen molar-refractivity contribution in [2.24, 2.45) is 0 Å². The van der Waals surface area contributed by atoms with Gasteiger partial charge in [-0.3, -0.25) is 0 Å². The molecule has 0 atom stereocenters. The summed E-state index contributed by atoms with van der Waals surface area (Å²) in [5.41, 5.74) is 32.3. The van der Waals surface area contributed by atoms with Crippen molar-refractivity contribution in [1.29, 1.82) is 0 Å². The molecule has 0 saturated carbocycles. The average Bonchev–Trinajstić information content (AvgIpc) is 1.61. The molecule has 0 radical (unpaired) electrons. The Morgan fingerprint density at radius 1 is 0.233 bits per heavy atom. The molecule has 0 saturated heterocycles. The third-order valence-electron chi connectivity index (χ3n) is 18.6. The van der Waals surface area contributed by atoms with Crippen molar-refractivity contribution in [3.63, 3.8) is 0 Å². The SMILES string of the molecule is Cc1cc(C)cc(N(c2cc(C)cc(C)c2)c2ccc3c(c2)C(C)(C)c2cc(/C=C/c4ccc5c6ccc(/C=C/c7ccc8c(c7)C(C)(C)c7cc(N(c9cc(C)cc(C)c9)c9cc(C)cc(C)c9)ccc7-8)cc6c6ccccc6c5c4)ccc2-3)c1. The Balaban J connectivity index is 0.735. The van der Waals surface area contributed by atoms with Crippen LogP contribution in [-0.2, 0) is 10.8 Å². The number of anilines is 6. The van der Waals surface area contributed by atoms with Gasteiger partial charge in [-0.25, -0.2) is 0 Å².